The number of carbonyl (C=O) groups excluding carboxylic acids is 2. The quantitative estimate of drug-likeness (QED) is 0.876. The van der Waals surface area contributed by atoms with E-state index in [-0.39, 0.29) is 48.3 Å². The second kappa shape index (κ2) is 7.94. The number of hydrazone groups is 1. The van der Waals surface area contributed by atoms with Gasteiger partial charge in [0.25, 0.3) is 5.91 Å². The van der Waals surface area contributed by atoms with Gasteiger partial charge >= 0.3 is 0 Å². The summed E-state index contributed by atoms with van der Waals surface area (Å²) in [6.07, 6.45) is 0.313. The third-order valence-corrected chi connectivity index (χ3v) is 4.02. The lowest BCUT2D eigenvalue weighted by molar-refractivity contribution is -0.132. The van der Waals surface area contributed by atoms with E-state index in [1.807, 2.05) is 0 Å². The number of carbonyl (C=O) groups is 2. The van der Waals surface area contributed by atoms with Crippen LogP contribution < -0.4 is 10.1 Å². The Morgan fingerprint density at radius 1 is 1.19 bits per heavy atom. The van der Waals surface area contributed by atoms with Gasteiger partial charge in [-0.2, -0.15) is 5.10 Å². The molecule has 0 spiro atoms. The van der Waals surface area contributed by atoms with Gasteiger partial charge in [0.05, 0.1) is 13.7 Å². The molecule has 140 valence electrons. The summed E-state index contributed by atoms with van der Waals surface area (Å²) >= 11 is 0. The fraction of sp³-hybridized carbons (Fsp3) is 0.211. The van der Waals surface area contributed by atoms with Gasteiger partial charge in [-0.05, 0) is 29.8 Å². The molecule has 0 atom stereocenters. The van der Waals surface area contributed by atoms with E-state index in [0.29, 0.717) is 5.56 Å². The van der Waals surface area contributed by atoms with E-state index in [2.05, 4.69) is 10.4 Å². The summed E-state index contributed by atoms with van der Waals surface area (Å²) in [4.78, 5) is 24.5. The van der Waals surface area contributed by atoms with E-state index in [0.717, 1.165) is 6.07 Å². The first kappa shape index (κ1) is 18.5. The molecular formula is C19H17F2N3O3. The van der Waals surface area contributed by atoms with Crippen LogP contribution in [0.3, 0.4) is 0 Å². The minimum atomic E-state index is -0.603. The largest absolute Gasteiger partial charge is 0.494 e. The molecule has 0 fully saturated rings. The molecule has 3 rings (SSSR count). The highest BCUT2D eigenvalue weighted by atomic mass is 19.1. The van der Waals surface area contributed by atoms with E-state index in [1.165, 1.54) is 36.4 Å². The van der Waals surface area contributed by atoms with Gasteiger partial charge in [-0.3, -0.25) is 9.59 Å². The highest BCUT2D eigenvalue weighted by molar-refractivity contribution is 6.43. The Bertz CT molecular complexity index is 898. The van der Waals surface area contributed by atoms with E-state index in [9.17, 15) is 18.4 Å². The zero-order chi connectivity index (χ0) is 19.4. The molecule has 2 aromatic carbocycles. The standard InChI is InChI=1S/C19H17F2N3O3/c1-27-17-8-6-14(10-15(17)21)22-19(26)16-7-9-18(25)24(23-16)11-12-2-4-13(20)5-3-12/h2-6,8,10H,7,9,11H2,1H3,(H,22,26). The summed E-state index contributed by atoms with van der Waals surface area (Å²) in [5.74, 6) is -1.66. The first-order valence-electron chi connectivity index (χ1n) is 8.23. The molecule has 0 saturated carbocycles. The lowest BCUT2D eigenvalue weighted by Gasteiger charge is -2.23. The average molecular weight is 373 g/mol. The van der Waals surface area contributed by atoms with Crippen LogP contribution in [0.15, 0.2) is 47.6 Å². The maximum atomic E-state index is 13.7. The molecule has 2 aromatic rings. The van der Waals surface area contributed by atoms with Crippen molar-refractivity contribution in [2.45, 2.75) is 19.4 Å². The molecule has 0 aliphatic carbocycles. The number of ether oxygens (including phenoxy) is 1. The van der Waals surface area contributed by atoms with E-state index >= 15 is 0 Å². The first-order chi connectivity index (χ1) is 13.0. The molecule has 1 aliphatic heterocycles. The highest BCUT2D eigenvalue weighted by Crippen LogP contribution is 2.21. The molecular weight excluding hydrogens is 356 g/mol. The first-order valence-corrected chi connectivity index (χ1v) is 8.23. The summed E-state index contributed by atoms with van der Waals surface area (Å²) in [7, 11) is 1.35. The van der Waals surface area contributed by atoms with Gasteiger partial charge in [-0.15, -0.1) is 0 Å². The van der Waals surface area contributed by atoms with Gasteiger partial charge in [0.15, 0.2) is 11.6 Å². The van der Waals surface area contributed by atoms with Crippen LogP contribution in [0.4, 0.5) is 14.5 Å². The summed E-state index contributed by atoms with van der Waals surface area (Å²) in [5, 5.41) is 7.85. The number of nitrogens with zero attached hydrogens (tertiary/aromatic N) is 2. The summed E-state index contributed by atoms with van der Waals surface area (Å²) in [5.41, 5.74) is 1.10. The van der Waals surface area contributed by atoms with Crippen LogP contribution in [-0.2, 0) is 16.1 Å². The fourth-order valence-electron chi connectivity index (χ4n) is 2.60. The molecule has 1 aliphatic rings. The Morgan fingerprint density at radius 3 is 2.59 bits per heavy atom. The molecule has 27 heavy (non-hydrogen) atoms. The number of amides is 2. The monoisotopic (exact) mass is 373 g/mol. The van der Waals surface area contributed by atoms with Crippen molar-refractivity contribution in [2.24, 2.45) is 5.10 Å². The Hall–Kier alpha value is -3.29. The van der Waals surface area contributed by atoms with Crippen molar-refractivity contribution in [3.05, 3.63) is 59.7 Å². The summed E-state index contributed by atoms with van der Waals surface area (Å²) in [6, 6.07) is 9.72. The molecule has 1 heterocycles. The predicted octanol–water partition coefficient (Wildman–Crippen LogP) is 3.09. The SMILES string of the molecule is COc1ccc(NC(=O)C2=NN(Cc3ccc(F)cc3)C(=O)CC2)cc1F. The topological polar surface area (TPSA) is 71.0 Å². The summed E-state index contributed by atoms with van der Waals surface area (Å²) < 4.78 is 31.6. The van der Waals surface area contributed by atoms with Crippen molar-refractivity contribution >= 4 is 23.2 Å². The molecule has 0 saturated heterocycles. The second-order valence-electron chi connectivity index (χ2n) is 5.93. The van der Waals surface area contributed by atoms with Crippen LogP contribution in [0.1, 0.15) is 18.4 Å². The van der Waals surface area contributed by atoms with Gasteiger partial charge in [0.1, 0.15) is 11.5 Å². The van der Waals surface area contributed by atoms with Crippen molar-refractivity contribution in [1.29, 1.82) is 0 Å². The van der Waals surface area contributed by atoms with Crippen molar-refractivity contribution in [1.82, 2.24) is 5.01 Å². The number of anilines is 1. The average Bonchev–Trinajstić information content (AvgIpc) is 2.65. The Balaban J connectivity index is 1.72. The normalized spacial score (nSPS) is 14.0. The van der Waals surface area contributed by atoms with E-state index < -0.39 is 11.7 Å². The van der Waals surface area contributed by atoms with Gasteiger partial charge in [0.2, 0.25) is 5.91 Å². The van der Waals surface area contributed by atoms with Crippen molar-refractivity contribution in [3.8, 4) is 5.75 Å². The Kier molecular flexibility index (Phi) is 5.44. The van der Waals surface area contributed by atoms with Crippen molar-refractivity contribution in [2.75, 3.05) is 12.4 Å². The maximum Gasteiger partial charge on any atom is 0.271 e. The van der Waals surface area contributed by atoms with Crippen molar-refractivity contribution in [3.63, 3.8) is 0 Å². The van der Waals surface area contributed by atoms with Crippen molar-refractivity contribution < 1.29 is 23.1 Å². The number of hydrogen-bond donors (Lipinski definition) is 1. The summed E-state index contributed by atoms with van der Waals surface area (Å²) in [6.45, 7) is 0.132. The molecule has 1 N–H and O–H groups in total. The number of methoxy groups -OCH3 is 1. The molecule has 0 aromatic heterocycles. The van der Waals surface area contributed by atoms with E-state index in [4.69, 9.17) is 4.74 Å². The van der Waals surface area contributed by atoms with Crippen LogP contribution in [0.25, 0.3) is 0 Å². The molecule has 6 nitrogen and oxygen atoms in total. The second-order valence-corrected chi connectivity index (χ2v) is 5.93. The van der Waals surface area contributed by atoms with E-state index in [1.54, 1.807) is 12.1 Å². The van der Waals surface area contributed by atoms with Crippen LogP contribution >= 0.6 is 0 Å². The van der Waals surface area contributed by atoms with Gasteiger partial charge in [-0.25, -0.2) is 13.8 Å². The number of hydrogen-bond acceptors (Lipinski definition) is 4. The van der Waals surface area contributed by atoms with Crippen LogP contribution in [0.2, 0.25) is 0 Å². The molecule has 8 heteroatoms. The highest BCUT2D eigenvalue weighted by Gasteiger charge is 2.24. The Morgan fingerprint density at radius 2 is 1.93 bits per heavy atom. The number of nitrogens with one attached hydrogen (secondary N) is 1. The molecule has 0 radical (unpaired) electrons. The molecule has 2 amide bonds. The minimum absolute atomic E-state index is 0.0686. The predicted molar refractivity (Wildman–Crippen MR) is 95.2 cm³/mol. The minimum Gasteiger partial charge on any atom is -0.494 e. The van der Waals surface area contributed by atoms with Gasteiger partial charge < -0.3 is 10.1 Å². The smallest absolute Gasteiger partial charge is 0.271 e. The lowest BCUT2D eigenvalue weighted by Crippen LogP contribution is -2.36. The van der Waals surface area contributed by atoms with Crippen LogP contribution in [-0.4, -0.2) is 29.6 Å². The third kappa shape index (κ3) is 4.46. The van der Waals surface area contributed by atoms with Gasteiger partial charge in [0, 0.05) is 24.6 Å². The Labute approximate surface area is 154 Å². The maximum absolute atomic E-state index is 13.7. The molecule has 0 unspecified atom stereocenters. The fourth-order valence-corrected chi connectivity index (χ4v) is 2.60. The zero-order valence-electron chi connectivity index (χ0n) is 14.5. The number of rotatable bonds is 5. The zero-order valence-corrected chi connectivity index (χ0v) is 14.5. The third-order valence-electron chi connectivity index (χ3n) is 4.02. The number of halogens is 2. The molecule has 0 bridgehead atoms. The number of benzene rings is 2. The van der Waals surface area contributed by atoms with Crippen LogP contribution in [0.5, 0.6) is 5.75 Å². The van der Waals surface area contributed by atoms with Gasteiger partial charge in [-0.1, -0.05) is 12.1 Å². The van der Waals surface area contributed by atoms with Crippen LogP contribution in [0, 0.1) is 11.6 Å². The lowest BCUT2D eigenvalue weighted by atomic mass is 10.1.